The van der Waals surface area contributed by atoms with E-state index >= 15 is 0 Å². The second-order valence-electron chi connectivity index (χ2n) is 1.87. The Morgan fingerprint density at radius 1 is 1.44 bits per heavy atom. The van der Waals surface area contributed by atoms with E-state index in [0.29, 0.717) is 6.54 Å². The minimum atomic E-state index is -2.15. The van der Waals surface area contributed by atoms with Crippen molar-refractivity contribution in [3.05, 3.63) is 0 Å². The van der Waals surface area contributed by atoms with Gasteiger partial charge >= 0.3 is 0 Å². The predicted octanol–water partition coefficient (Wildman–Crippen LogP) is -2.27. The summed E-state index contributed by atoms with van der Waals surface area (Å²) in [4.78, 5) is 0. The maximum Gasteiger partial charge on any atom is 0.263 e. The van der Waals surface area contributed by atoms with Gasteiger partial charge in [-0.15, -0.1) is 0 Å². The number of hydrazine groups is 2. The first-order chi connectivity index (χ1) is 4.13. The maximum absolute atomic E-state index is 8.77. The SMILES string of the molecule is ON1NNCCC1(O)O. The van der Waals surface area contributed by atoms with Gasteiger partial charge in [0.05, 0.1) is 0 Å². The number of hydroxylamine groups is 1. The van der Waals surface area contributed by atoms with Gasteiger partial charge in [-0.2, -0.15) is 5.53 Å². The summed E-state index contributed by atoms with van der Waals surface area (Å²) in [6, 6.07) is 0. The molecule has 0 amide bonds. The van der Waals surface area contributed by atoms with Crippen molar-refractivity contribution in [3.8, 4) is 0 Å². The largest absolute Gasteiger partial charge is 0.351 e. The second kappa shape index (κ2) is 2.18. The summed E-state index contributed by atoms with van der Waals surface area (Å²) >= 11 is 0. The van der Waals surface area contributed by atoms with E-state index in [4.69, 9.17) is 15.4 Å². The molecular formula is C3H9N3O3. The highest BCUT2D eigenvalue weighted by Gasteiger charge is 2.33. The van der Waals surface area contributed by atoms with E-state index in [0.717, 1.165) is 0 Å². The lowest BCUT2D eigenvalue weighted by molar-refractivity contribution is -0.400. The molecule has 0 aromatic carbocycles. The van der Waals surface area contributed by atoms with Crippen molar-refractivity contribution in [1.82, 2.24) is 16.1 Å². The minimum absolute atomic E-state index is 0.0521. The van der Waals surface area contributed by atoms with Crippen LogP contribution >= 0.6 is 0 Å². The van der Waals surface area contributed by atoms with Gasteiger partial charge in [0.25, 0.3) is 5.91 Å². The zero-order valence-corrected chi connectivity index (χ0v) is 4.70. The van der Waals surface area contributed by atoms with Gasteiger partial charge in [0, 0.05) is 13.0 Å². The Kier molecular flexibility index (Phi) is 1.66. The maximum atomic E-state index is 8.77. The number of hydrogen-bond acceptors (Lipinski definition) is 6. The van der Waals surface area contributed by atoms with E-state index in [1.807, 2.05) is 0 Å². The second-order valence-corrected chi connectivity index (χ2v) is 1.87. The fraction of sp³-hybridized carbons (Fsp3) is 1.00. The monoisotopic (exact) mass is 135 g/mol. The summed E-state index contributed by atoms with van der Waals surface area (Å²) in [5.41, 5.74) is 4.61. The molecule has 1 aliphatic heterocycles. The quantitative estimate of drug-likeness (QED) is 0.241. The van der Waals surface area contributed by atoms with Gasteiger partial charge in [-0.25, -0.2) is 5.43 Å². The summed E-state index contributed by atoms with van der Waals surface area (Å²) in [7, 11) is 0. The molecule has 0 bridgehead atoms. The predicted molar refractivity (Wildman–Crippen MR) is 26.5 cm³/mol. The molecule has 0 unspecified atom stereocenters. The van der Waals surface area contributed by atoms with Crippen molar-refractivity contribution in [1.29, 1.82) is 0 Å². The van der Waals surface area contributed by atoms with E-state index in [1.54, 1.807) is 0 Å². The van der Waals surface area contributed by atoms with E-state index in [1.165, 1.54) is 0 Å². The fourth-order valence-corrected chi connectivity index (χ4v) is 0.556. The van der Waals surface area contributed by atoms with Crippen LogP contribution in [-0.2, 0) is 0 Å². The van der Waals surface area contributed by atoms with Gasteiger partial charge in [-0.3, -0.25) is 5.21 Å². The Bertz CT molecular complexity index is 106. The van der Waals surface area contributed by atoms with Crippen LogP contribution in [0.3, 0.4) is 0 Å². The Labute approximate surface area is 51.6 Å². The minimum Gasteiger partial charge on any atom is -0.351 e. The normalized spacial score (nSPS) is 28.3. The molecule has 0 saturated carbocycles. The molecule has 0 aliphatic carbocycles. The molecule has 6 heteroatoms. The van der Waals surface area contributed by atoms with Crippen LogP contribution in [0.5, 0.6) is 0 Å². The highest BCUT2D eigenvalue weighted by molar-refractivity contribution is 4.61. The third-order valence-electron chi connectivity index (χ3n) is 1.11. The van der Waals surface area contributed by atoms with Crippen LogP contribution in [0, 0.1) is 0 Å². The molecular weight excluding hydrogens is 126 g/mol. The molecule has 1 saturated heterocycles. The first-order valence-corrected chi connectivity index (χ1v) is 2.55. The van der Waals surface area contributed by atoms with Crippen molar-refractivity contribution in [2.45, 2.75) is 12.3 Å². The average Bonchev–Trinajstić information content (AvgIpc) is 1.77. The smallest absolute Gasteiger partial charge is 0.263 e. The van der Waals surface area contributed by atoms with Gasteiger partial charge in [-0.05, 0) is 0 Å². The van der Waals surface area contributed by atoms with Gasteiger partial charge in [0.1, 0.15) is 0 Å². The van der Waals surface area contributed by atoms with Crippen LogP contribution in [0.15, 0.2) is 0 Å². The summed E-state index contributed by atoms with van der Waals surface area (Å²) in [5.74, 6) is -2.15. The standard InChI is InChI=1S/C3H9N3O3/c7-3(8)1-2-4-5-6(3)9/h4-5,7-9H,1-2H2. The van der Waals surface area contributed by atoms with E-state index in [2.05, 4.69) is 11.0 Å². The van der Waals surface area contributed by atoms with Crippen LogP contribution < -0.4 is 11.0 Å². The van der Waals surface area contributed by atoms with Crippen molar-refractivity contribution in [2.24, 2.45) is 0 Å². The molecule has 6 nitrogen and oxygen atoms in total. The Morgan fingerprint density at radius 2 is 2.11 bits per heavy atom. The number of rotatable bonds is 0. The van der Waals surface area contributed by atoms with Gasteiger partial charge in [0.2, 0.25) is 0 Å². The molecule has 0 spiro atoms. The summed E-state index contributed by atoms with van der Waals surface area (Å²) in [6.07, 6.45) is 0.0521. The Morgan fingerprint density at radius 3 is 2.44 bits per heavy atom. The summed E-state index contributed by atoms with van der Waals surface area (Å²) in [6.45, 7) is 0.393. The average molecular weight is 135 g/mol. The molecule has 54 valence electrons. The van der Waals surface area contributed by atoms with Crippen LogP contribution in [0.2, 0.25) is 0 Å². The molecule has 9 heavy (non-hydrogen) atoms. The summed E-state index contributed by atoms with van der Waals surface area (Å²) < 4.78 is 0. The van der Waals surface area contributed by atoms with Crippen molar-refractivity contribution in [2.75, 3.05) is 6.54 Å². The van der Waals surface area contributed by atoms with E-state index in [-0.39, 0.29) is 11.6 Å². The third-order valence-corrected chi connectivity index (χ3v) is 1.11. The van der Waals surface area contributed by atoms with Gasteiger partial charge < -0.3 is 10.2 Å². The Balaban J connectivity index is 2.49. The number of aliphatic hydroxyl groups is 2. The highest BCUT2D eigenvalue weighted by Crippen LogP contribution is 2.08. The number of nitrogens with one attached hydrogen (secondary N) is 2. The van der Waals surface area contributed by atoms with Crippen molar-refractivity contribution in [3.63, 3.8) is 0 Å². The first-order valence-electron chi connectivity index (χ1n) is 2.55. The molecule has 1 rings (SSSR count). The van der Waals surface area contributed by atoms with Crippen LogP contribution in [-0.4, -0.2) is 33.0 Å². The first kappa shape index (κ1) is 6.87. The molecule has 0 aromatic rings. The van der Waals surface area contributed by atoms with Crippen LogP contribution in [0.1, 0.15) is 6.42 Å². The number of hydrogen-bond donors (Lipinski definition) is 5. The highest BCUT2D eigenvalue weighted by atomic mass is 16.7. The fourth-order valence-electron chi connectivity index (χ4n) is 0.556. The van der Waals surface area contributed by atoms with Crippen molar-refractivity contribution >= 4 is 0 Å². The Hall–Kier alpha value is -0.240. The van der Waals surface area contributed by atoms with E-state index in [9.17, 15) is 0 Å². The molecule has 1 aliphatic rings. The molecule has 0 radical (unpaired) electrons. The lowest BCUT2D eigenvalue weighted by Crippen LogP contribution is -2.63. The van der Waals surface area contributed by atoms with E-state index < -0.39 is 5.91 Å². The molecule has 5 N–H and O–H groups in total. The molecule has 1 fully saturated rings. The van der Waals surface area contributed by atoms with Gasteiger partial charge in [0.15, 0.2) is 0 Å². The topological polar surface area (TPSA) is 88.0 Å². The molecule has 0 aromatic heterocycles. The zero-order chi connectivity index (χ0) is 6.91. The summed E-state index contributed by atoms with van der Waals surface area (Å²) in [5, 5.41) is 26.3. The van der Waals surface area contributed by atoms with Crippen LogP contribution in [0.25, 0.3) is 0 Å². The number of nitrogens with zero attached hydrogens (tertiary/aromatic N) is 1. The van der Waals surface area contributed by atoms with Crippen molar-refractivity contribution < 1.29 is 15.4 Å². The molecule has 1 heterocycles. The van der Waals surface area contributed by atoms with Crippen LogP contribution in [0.4, 0.5) is 0 Å². The lowest BCUT2D eigenvalue weighted by Gasteiger charge is -2.34. The third kappa shape index (κ3) is 1.36. The van der Waals surface area contributed by atoms with Gasteiger partial charge in [-0.1, -0.05) is 5.17 Å². The molecule has 0 atom stereocenters. The zero-order valence-electron chi connectivity index (χ0n) is 4.70. The lowest BCUT2D eigenvalue weighted by atomic mass is 10.3.